The molecule has 126 valence electrons. The van der Waals surface area contributed by atoms with Gasteiger partial charge in [-0.3, -0.25) is 4.79 Å². The molecule has 0 bridgehead atoms. The molecule has 0 amide bonds. The lowest BCUT2D eigenvalue weighted by Crippen LogP contribution is -2.16. The number of hydrogen-bond acceptors (Lipinski definition) is 5. The number of carbonyl (C=O) groups is 2. The number of ketones is 1. The predicted molar refractivity (Wildman–Crippen MR) is 90.1 cm³/mol. The average Bonchev–Trinajstić information content (AvgIpc) is 2.61. The Morgan fingerprint density at radius 2 is 1.71 bits per heavy atom. The molecule has 0 atom stereocenters. The Labute approximate surface area is 141 Å². The van der Waals surface area contributed by atoms with Crippen molar-refractivity contribution < 1.29 is 23.8 Å². The van der Waals surface area contributed by atoms with E-state index in [1.807, 2.05) is 19.9 Å². The Hall–Kier alpha value is -2.82. The van der Waals surface area contributed by atoms with Crippen molar-refractivity contribution >= 4 is 11.8 Å². The van der Waals surface area contributed by atoms with Crippen LogP contribution in [0.15, 0.2) is 36.4 Å². The second kappa shape index (κ2) is 7.64. The highest BCUT2D eigenvalue weighted by molar-refractivity contribution is 6.01. The zero-order valence-electron chi connectivity index (χ0n) is 14.2. The smallest absolute Gasteiger partial charge is 0.338 e. The van der Waals surface area contributed by atoms with Gasteiger partial charge in [0.1, 0.15) is 11.5 Å². The first kappa shape index (κ1) is 17.5. The number of aryl methyl sites for hydroxylation is 1. The molecule has 0 fully saturated rings. The van der Waals surface area contributed by atoms with Crippen LogP contribution in [0.4, 0.5) is 0 Å². The second-order valence-corrected chi connectivity index (χ2v) is 5.31. The van der Waals surface area contributed by atoms with Crippen molar-refractivity contribution in [2.45, 2.75) is 13.8 Å². The summed E-state index contributed by atoms with van der Waals surface area (Å²) in [6.45, 7) is 3.41. The average molecular weight is 328 g/mol. The van der Waals surface area contributed by atoms with Gasteiger partial charge in [-0.1, -0.05) is 12.1 Å². The number of esters is 1. The minimum absolute atomic E-state index is 0.340. The molecule has 5 heteroatoms. The van der Waals surface area contributed by atoms with E-state index in [-0.39, 0.29) is 12.4 Å². The summed E-state index contributed by atoms with van der Waals surface area (Å²) >= 11 is 0. The van der Waals surface area contributed by atoms with Gasteiger partial charge in [-0.05, 0) is 43.2 Å². The van der Waals surface area contributed by atoms with Gasteiger partial charge in [-0.25, -0.2) is 4.79 Å². The molecule has 0 aliphatic heterocycles. The van der Waals surface area contributed by atoms with Gasteiger partial charge in [0, 0.05) is 6.07 Å². The van der Waals surface area contributed by atoms with Crippen molar-refractivity contribution in [1.29, 1.82) is 0 Å². The van der Waals surface area contributed by atoms with Crippen LogP contribution in [0.25, 0.3) is 0 Å². The molecular weight excluding hydrogens is 308 g/mol. The SMILES string of the molecule is COc1ccc(C(=O)COC(=O)c2cccc(C)c2C)c(OC)c1. The molecule has 24 heavy (non-hydrogen) atoms. The Morgan fingerprint density at radius 3 is 2.38 bits per heavy atom. The standard InChI is InChI=1S/C19H20O5/c1-12-6-5-7-15(13(12)2)19(21)24-11-17(20)16-9-8-14(22-3)10-18(16)23-4/h5-10H,11H2,1-4H3. The maximum atomic E-state index is 12.3. The third kappa shape index (κ3) is 3.74. The number of benzene rings is 2. The lowest BCUT2D eigenvalue weighted by atomic mass is 10.0. The number of rotatable bonds is 6. The quantitative estimate of drug-likeness (QED) is 0.601. The summed E-state index contributed by atoms with van der Waals surface area (Å²) in [4.78, 5) is 24.5. The van der Waals surface area contributed by atoms with Gasteiger partial charge in [0.2, 0.25) is 5.78 Å². The van der Waals surface area contributed by atoms with Crippen LogP contribution in [0.2, 0.25) is 0 Å². The van der Waals surface area contributed by atoms with E-state index in [1.165, 1.54) is 14.2 Å². The first-order valence-electron chi connectivity index (χ1n) is 7.46. The highest BCUT2D eigenvalue weighted by atomic mass is 16.5. The summed E-state index contributed by atoms with van der Waals surface area (Å²) in [5.41, 5.74) is 2.64. The van der Waals surface area contributed by atoms with Crippen molar-refractivity contribution in [1.82, 2.24) is 0 Å². The van der Waals surface area contributed by atoms with Gasteiger partial charge in [0.25, 0.3) is 0 Å². The van der Waals surface area contributed by atoms with E-state index >= 15 is 0 Å². The first-order chi connectivity index (χ1) is 11.5. The van der Waals surface area contributed by atoms with Crippen molar-refractivity contribution in [2.24, 2.45) is 0 Å². The van der Waals surface area contributed by atoms with Crippen LogP contribution in [0, 0.1) is 13.8 Å². The number of ether oxygens (including phenoxy) is 3. The van der Waals surface area contributed by atoms with E-state index in [0.29, 0.717) is 22.6 Å². The largest absolute Gasteiger partial charge is 0.497 e. The molecule has 0 aromatic heterocycles. The zero-order chi connectivity index (χ0) is 17.7. The van der Waals surface area contributed by atoms with Gasteiger partial charge in [-0.15, -0.1) is 0 Å². The molecule has 5 nitrogen and oxygen atoms in total. The summed E-state index contributed by atoms with van der Waals surface area (Å²) in [5, 5.41) is 0. The van der Waals surface area contributed by atoms with Crippen LogP contribution in [-0.2, 0) is 4.74 Å². The van der Waals surface area contributed by atoms with Gasteiger partial charge in [0.05, 0.1) is 25.3 Å². The van der Waals surface area contributed by atoms with E-state index in [9.17, 15) is 9.59 Å². The lowest BCUT2D eigenvalue weighted by Gasteiger charge is -2.11. The maximum absolute atomic E-state index is 12.3. The van der Waals surface area contributed by atoms with Crippen molar-refractivity contribution in [3.8, 4) is 11.5 Å². The second-order valence-electron chi connectivity index (χ2n) is 5.31. The van der Waals surface area contributed by atoms with Crippen molar-refractivity contribution in [2.75, 3.05) is 20.8 Å². The van der Waals surface area contributed by atoms with E-state index in [0.717, 1.165) is 11.1 Å². The molecule has 2 rings (SSSR count). The van der Waals surface area contributed by atoms with Gasteiger partial charge >= 0.3 is 5.97 Å². The first-order valence-corrected chi connectivity index (χ1v) is 7.46. The van der Waals surface area contributed by atoms with Crippen LogP contribution >= 0.6 is 0 Å². The fraction of sp³-hybridized carbons (Fsp3) is 0.263. The molecule has 0 unspecified atom stereocenters. The van der Waals surface area contributed by atoms with Crippen LogP contribution in [-0.4, -0.2) is 32.6 Å². The summed E-state index contributed by atoms with van der Waals surface area (Å²) in [7, 11) is 3.00. The van der Waals surface area contributed by atoms with Gasteiger partial charge < -0.3 is 14.2 Å². The Bertz CT molecular complexity index is 764. The minimum Gasteiger partial charge on any atom is -0.497 e. The third-order valence-electron chi connectivity index (χ3n) is 3.87. The molecule has 0 aliphatic rings. The van der Waals surface area contributed by atoms with Crippen molar-refractivity contribution in [3.63, 3.8) is 0 Å². The molecule has 2 aromatic rings. The molecule has 0 spiro atoms. The van der Waals surface area contributed by atoms with E-state index in [2.05, 4.69) is 0 Å². The number of carbonyl (C=O) groups excluding carboxylic acids is 2. The summed E-state index contributed by atoms with van der Waals surface area (Å²) in [6.07, 6.45) is 0. The monoisotopic (exact) mass is 328 g/mol. The molecule has 2 aromatic carbocycles. The molecular formula is C19H20O5. The highest BCUT2D eigenvalue weighted by Gasteiger charge is 2.17. The van der Waals surface area contributed by atoms with E-state index in [4.69, 9.17) is 14.2 Å². The van der Waals surface area contributed by atoms with Gasteiger partial charge in [0.15, 0.2) is 6.61 Å². The molecule has 0 heterocycles. The van der Waals surface area contributed by atoms with Crippen LogP contribution < -0.4 is 9.47 Å². The maximum Gasteiger partial charge on any atom is 0.338 e. The molecule has 0 radical (unpaired) electrons. The fourth-order valence-electron chi connectivity index (χ4n) is 2.29. The zero-order valence-corrected chi connectivity index (χ0v) is 14.2. The summed E-state index contributed by atoms with van der Waals surface area (Å²) < 4.78 is 15.4. The predicted octanol–water partition coefficient (Wildman–Crippen LogP) is 3.36. The molecule has 0 N–H and O–H groups in total. The fourth-order valence-corrected chi connectivity index (χ4v) is 2.29. The van der Waals surface area contributed by atoms with Crippen LogP contribution in [0.1, 0.15) is 31.8 Å². The number of methoxy groups -OCH3 is 2. The topological polar surface area (TPSA) is 61.8 Å². The van der Waals surface area contributed by atoms with Crippen LogP contribution in [0.5, 0.6) is 11.5 Å². The van der Waals surface area contributed by atoms with E-state index in [1.54, 1.807) is 30.3 Å². The number of Topliss-reactive ketones (excluding diaryl/α,β-unsaturated/α-hetero) is 1. The third-order valence-corrected chi connectivity index (χ3v) is 3.87. The summed E-state index contributed by atoms with van der Waals surface area (Å²) in [5.74, 6) is 0.100. The normalized spacial score (nSPS) is 10.2. The molecule has 0 aliphatic carbocycles. The highest BCUT2D eigenvalue weighted by Crippen LogP contribution is 2.25. The van der Waals surface area contributed by atoms with Crippen LogP contribution in [0.3, 0.4) is 0 Å². The van der Waals surface area contributed by atoms with E-state index < -0.39 is 5.97 Å². The summed E-state index contributed by atoms with van der Waals surface area (Å²) in [6, 6.07) is 10.2. The molecule has 0 saturated carbocycles. The van der Waals surface area contributed by atoms with Crippen molar-refractivity contribution in [3.05, 3.63) is 58.7 Å². The molecule has 0 saturated heterocycles. The lowest BCUT2D eigenvalue weighted by molar-refractivity contribution is 0.0473. The number of hydrogen-bond donors (Lipinski definition) is 0. The Balaban J connectivity index is 2.10. The Morgan fingerprint density at radius 1 is 0.958 bits per heavy atom. The van der Waals surface area contributed by atoms with Gasteiger partial charge in [-0.2, -0.15) is 0 Å². The Kier molecular flexibility index (Phi) is 5.58. The minimum atomic E-state index is -0.517.